The SMILES string of the molecule is Cc1cc(C(C)F)n(-c2cc(Nc3nn(C)c(-c4ccc(F)cc4)c3C)ncn2)n1. The number of nitrogens with zero attached hydrogens (tertiary/aromatic N) is 6. The van der Waals surface area contributed by atoms with Crippen molar-refractivity contribution in [3.63, 3.8) is 0 Å². The van der Waals surface area contributed by atoms with E-state index in [0.29, 0.717) is 28.8 Å². The lowest BCUT2D eigenvalue weighted by Gasteiger charge is -2.09. The van der Waals surface area contributed by atoms with Gasteiger partial charge in [-0.2, -0.15) is 10.2 Å². The molecule has 1 N–H and O–H groups in total. The predicted octanol–water partition coefficient (Wildman–Crippen LogP) is 4.59. The molecule has 30 heavy (non-hydrogen) atoms. The molecule has 1 aromatic carbocycles. The van der Waals surface area contributed by atoms with Crippen LogP contribution in [0.15, 0.2) is 42.7 Å². The minimum atomic E-state index is -1.19. The molecule has 0 saturated heterocycles. The molecule has 0 radical (unpaired) electrons. The molecular weight excluding hydrogens is 388 g/mol. The molecule has 4 aromatic rings. The van der Waals surface area contributed by atoms with E-state index in [-0.39, 0.29) is 5.82 Å². The zero-order chi connectivity index (χ0) is 21.4. The average molecular weight is 409 g/mol. The Morgan fingerprint density at radius 3 is 2.47 bits per heavy atom. The molecule has 154 valence electrons. The minimum Gasteiger partial charge on any atom is -0.323 e. The lowest BCUT2D eigenvalue weighted by atomic mass is 10.1. The molecule has 0 amide bonds. The Labute approximate surface area is 172 Å². The second-order valence-electron chi connectivity index (χ2n) is 7.08. The fraction of sp³-hybridized carbons (Fsp3) is 0.238. The number of hydrogen-bond acceptors (Lipinski definition) is 5. The Morgan fingerprint density at radius 2 is 1.77 bits per heavy atom. The van der Waals surface area contributed by atoms with Crippen LogP contribution in [0.1, 0.15) is 30.0 Å². The largest absolute Gasteiger partial charge is 0.323 e. The summed E-state index contributed by atoms with van der Waals surface area (Å²) in [6.45, 7) is 5.19. The van der Waals surface area contributed by atoms with E-state index in [4.69, 9.17) is 0 Å². The van der Waals surface area contributed by atoms with Crippen LogP contribution in [-0.2, 0) is 7.05 Å². The summed E-state index contributed by atoms with van der Waals surface area (Å²) in [4.78, 5) is 8.48. The minimum absolute atomic E-state index is 0.291. The number of benzene rings is 1. The highest BCUT2D eigenvalue weighted by Gasteiger charge is 2.17. The summed E-state index contributed by atoms with van der Waals surface area (Å²) in [7, 11) is 1.82. The summed E-state index contributed by atoms with van der Waals surface area (Å²) in [5.74, 6) is 1.27. The first-order valence-electron chi connectivity index (χ1n) is 9.43. The maximum atomic E-state index is 14.0. The Balaban J connectivity index is 1.67. The van der Waals surface area contributed by atoms with Gasteiger partial charge in [0.2, 0.25) is 0 Å². The van der Waals surface area contributed by atoms with Crippen LogP contribution in [0.4, 0.5) is 20.4 Å². The quantitative estimate of drug-likeness (QED) is 0.522. The van der Waals surface area contributed by atoms with Crippen LogP contribution in [0.2, 0.25) is 0 Å². The van der Waals surface area contributed by atoms with Crippen LogP contribution in [0.3, 0.4) is 0 Å². The van der Waals surface area contributed by atoms with Crippen molar-refractivity contribution in [2.24, 2.45) is 7.05 Å². The van der Waals surface area contributed by atoms with Crippen molar-refractivity contribution >= 4 is 11.6 Å². The Morgan fingerprint density at radius 1 is 1.03 bits per heavy atom. The van der Waals surface area contributed by atoms with Gasteiger partial charge in [0.25, 0.3) is 0 Å². The zero-order valence-electron chi connectivity index (χ0n) is 17.1. The van der Waals surface area contributed by atoms with Gasteiger partial charge < -0.3 is 5.32 Å². The van der Waals surface area contributed by atoms with E-state index in [2.05, 4.69) is 25.5 Å². The van der Waals surface area contributed by atoms with Crippen LogP contribution in [0, 0.1) is 19.7 Å². The molecule has 0 aliphatic carbocycles. The molecule has 1 unspecified atom stereocenters. The van der Waals surface area contributed by atoms with Crippen molar-refractivity contribution in [1.29, 1.82) is 0 Å². The summed E-state index contributed by atoms with van der Waals surface area (Å²) in [5.41, 5.74) is 3.73. The summed E-state index contributed by atoms with van der Waals surface area (Å²) in [6, 6.07) is 9.64. The van der Waals surface area contributed by atoms with Crippen molar-refractivity contribution in [3.8, 4) is 17.1 Å². The fourth-order valence-corrected chi connectivity index (χ4v) is 3.40. The Kier molecular flexibility index (Phi) is 5.03. The van der Waals surface area contributed by atoms with Crippen LogP contribution in [0.25, 0.3) is 17.1 Å². The van der Waals surface area contributed by atoms with E-state index < -0.39 is 6.17 Å². The maximum Gasteiger partial charge on any atom is 0.159 e. The third-order valence-corrected chi connectivity index (χ3v) is 4.78. The number of hydrogen-bond donors (Lipinski definition) is 1. The lowest BCUT2D eigenvalue weighted by Crippen LogP contribution is -2.07. The summed E-state index contributed by atoms with van der Waals surface area (Å²) >= 11 is 0. The van der Waals surface area contributed by atoms with E-state index in [1.54, 1.807) is 35.9 Å². The summed E-state index contributed by atoms with van der Waals surface area (Å²) < 4.78 is 30.4. The molecule has 4 rings (SSSR count). The first-order valence-corrected chi connectivity index (χ1v) is 9.43. The van der Waals surface area contributed by atoms with Gasteiger partial charge in [0.05, 0.1) is 17.1 Å². The van der Waals surface area contributed by atoms with Crippen molar-refractivity contribution < 1.29 is 8.78 Å². The van der Waals surface area contributed by atoms with E-state index in [1.807, 2.05) is 14.0 Å². The smallest absolute Gasteiger partial charge is 0.159 e. The number of rotatable bonds is 5. The molecular formula is C21H21F2N7. The summed E-state index contributed by atoms with van der Waals surface area (Å²) in [5, 5.41) is 12.1. The molecule has 0 aliphatic rings. The van der Waals surface area contributed by atoms with Crippen LogP contribution >= 0.6 is 0 Å². The number of alkyl halides is 1. The van der Waals surface area contributed by atoms with Gasteiger partial charge in [0, 0.05) is 24.2 Å². The van der Waals surface area contributed by atoms with Crippen LogP contribution in [-0.4, -0.2) is 29.5 Å². The third kappa shape index (κ3) is 3.66. The van der Waals surface area contributed by atoms with Gasteiger partial charge in [-0.25, -0.2) is 23.4 Å². The molecule has 9 heteroatoms. The number of nitrogens with one attached hydrogen (secondary N) is 1. The molecule has 0 aliphatic heterocycles. The van der Waals surface area contributed by atoms with Crippen molar-refractivity contribution in [1.82, 2.24) is 29.5 Å². The predicted molar refractivity (Wildman–Crippen MR) is 110 cm³/mol. The van der Waals surface area contributed by atoms with Gasteiger partial charge in [0.1, 0.15) is 24.1 Å². The maximum absolute atomic E-state index is 14.0. The molecule has 0 bridgehead atoms. The fourth-order valence-electron chi connectivity index (χ4n) is 3.40. The molecule has 3 aromatic heterocycles. The van der Waals surface area contributed by atoms with Crippen molar-refractivity contribution in [2.45, 2.75) is 26.9 Å². The third-order valence-electron chi connectivity index (χ3n) is 4.78. The Bertz CT molecular complexity index is 1190. The highest BCUT2D eigenvalue weighted by atomic mass is 19.1. The van der Waals surface area contributed by atoms with Gasteiger partial charge in [-0.3, -0.25) is 4.68 Å². The zero-order valence-corrected chi connectivity index (χ0v) is 17.1. The van der Waals surface area contributed by atoms with Crippen molar-refractivity contribution in [3.05, 3.63) is 65.5 Å². The molecule has 0 spiro atoms. The average Bonchev–Trinajstić information content (AvgIpc) is 3.23. The topological polar surface area (TPSA) is 73.5 Å². The van der Waals surface area contributed by atoms with Gasteiger partial charge >= 0.3 is 0 Å². The number of anilines is 2. The second kappa shape index (κ2) is 7.66. The van der Waals surface area contributed by atoms with Crippen LogP contribution < -0.4 is 5.32 Å². The highest BCUT2D eigenvalue weighted by molar-refractivity contribution is 5.71. The highest BCUT2D eigenvalue weighted by Crippen LogP contribution is 2.30. The number of aryl methyl sites for hydroxylation is 2. The lowest BCUT2D eigenvalue weighted by molar-refractivity contribution is 0.358. The first-order chi connectivity index (χ1) is 14.3. The van der Waals surface area contributed by atoms with Crippen molar-refractivity contribution in [2.75, 3.05) is 5.32 Å². The second-order valence-corrected chi connectivity index (χ2v) is 7.08. The monoisotopic (exact) mass is 409 g/mol. The number of halogens is 2. The summed E-state index contributed by atoms with van der Waals surface area (Å²) in [6.07, 6.45) is 0.203. The molecule has 1 atom stereocenters. The van der Waals surface area contributed by atoms with E-state index >= 15 is 0 Å². The van der Waals surface area contributed by atoms with Gasteiger partial charge in [0.15, 0.2) is 11.6 Å². The molecule has 0 fully saturated rings. The molecule has 0 saturated carbocycles. The Hall–Kier alpha value is -3.62. The van der Waals surface area contributed by atoms with E-state index in [9.17, 15) is 8.78 Å². The van der Waals surface area contributed by atoms with E-state index in [0.717, 1.165) is 16.8 Å². The standard InChI is InChI=1S/C21H21F2N7/c1-12-9-17(14(3)22)30(27-12)19-10-18(24-11-25-19)26-21-13(2)20(29(4)28-21)15-5-7-16(23)8-6-15/h5-11,14H,1-4H3,(H,24,25,26,28). The first kappa shape index (κ1) is 19.7. The van der Waals surface area contributed by atoms with Gasteiger partial charge in [-0.05, 0) is 51.1 Å². The molecule has 7 nitrogen and oxygen atoms in total. The van der Waals surface area contributed by atoms with Crippen LogP contribution in [0.5, 0.6) is 0 Å². The normalized spacial score (nSPS) is 12.2. The van der Waals surface area contributed by atoms with Gasteiger partial charge in [-0.1, -0.05) is 0 Å². The van der Waals surface area contributed by atoms with Gasteiger partial charge in [-0.15, -0.1) is 0 Å². The number of aromatic nitrogens is 6. The van der Waals surface area contributed by atoms with E-state index in [1.165, 1.54) is 30.1 Å². The molecule has 3 heterocycles.